The van der Waals surface area contributed by atoms with Crippen LogP contribution in [0.1, 0.15) is 17.2 Å². The van der Waals surface area contributed by atoms with E-state index < -0.39 is 11.9 Å². The van der Waals surface area contributed by atoms with Crippen LogP contribution in [0.2, 0.25) is 0 Å². The van der Waals surface area contributed by atoms with Gasteiger partial charge < -0.3 is 16.0 Å². The first-order valence-electron chi connectivity index (χ1n) is 8.41. The molecule has 6 nitrogen and oxygen atoms in total. The molecular weight excluding hydrogens is 326 g/mol. The predicted octanol–water partition coefficient (Wildman–Crippen LogP) is 2.74. The third-order valence-corrected chi connectivity index (χ3v) is 4.78. The molecule has 4 rings (SSSR count). The van der Waals surface area contributed by atoms with Crippen LogP contribution in [0.25, 0.3) is 21.9 Å². The number of carbonyl (C=O) groups excluding carboxylic acids is 1. The van der Waals surface area contributed by atoms with Crippen LogP contribution in [0, 0.1) is 6.92 Å². The van der Waals surface area contributed by atoms with E-state index in [-0.39, 0.29) is 0 Å². The molecule has 2 aromatic carbocycles. The van der Waals surface area contributed by atoms with Gasteiger partial charge in [-0.05, 0) is 24.1 Å². The first-order chi connectivity index (χ1) is 12.6. The summed E-state index contributed by atoms with van der Waals surface area (Å²) >= 11 is 0. The number of nitrogen functional groups attached to an aromatic ring is 1. The van der Waals surface area contributed by atoms with Crippen LogP contribution in [0.3, 0.4) is 0 Å². The lowest BCUT2D eigenvalue weighted by molar-refractivity contribution is -0.121. The summed E-state index contributed by atoms with van der Waals surface area (Å²) in [4.78, 5) is 21.1. The monoisotopic (exact) mass is 345 g/mol. The minimum Gasteiger partial charge on any atom is -0.382 e. The van der Waals surface area contributed by atoms with Gasteiger partial charge in [0.1, 0.15) is 11.6 Å². The first-order valence-corrected chi connectivity index (χ1v) is 8.41. The molecule has 0 aliphatic heterocycles. The fourth-order valence-corrected chi connectivity index (χ4v) is 3.39. The van der Waals surface area contributed by atoms with Crippen LogP contribution in [-0.4, -0.2) is 20.4 Å². The van der Waals surface area contributed by atoms with E-state index in [0.29, 0.717) is 17.8 Å². The van der Waals surface area contributed by atoms with Crippen molar-refractivity contribution in [3.8, 4) is 0 Å². The van der Waals surface area contributed by atoms with E-state index in [0.717, 1.165) is 27.5 Å². The number of pyridine rings is 1. The number of benzene rings is 2. The van der Waals surface area contributed by atoms with E-state index in [1.54, 1.807) is 6.33 Å². The minimum absolute atomic E-state index is 0.344. The maximum atomic E-state index is 12.3. The Balaban J connectivity index is 1.93. The first kappa shape index (κ1) is 16.1. The molecule has 1 unspecified atom stereocenters. The topological polar surface area (TPSA) is 99.8 Å². The van der Waals surface area contributed by atoms with Crippen LogP contribution in [0.15, 0.2) is 54.9 Å². The molecule has 2 heterocycles. The highest BCUT2D eigenvalue weighted by atomic mass is 16.1. The number of hydrogen-bond donors (Lipinski definition) is 2. The van der Waals surface area contributed by atoms with Crippen molar-refractivity contribution in [3.63, 3.8) is 0 Å². The molecule has 0 aliphatic carbocycles. The number of fused-ring (bicyclic) bond motifs is 3. The smallest absolute Gasteiger partial charge is 0.240 e. The number of para-hydroxylation sites is 1. The number of carbonyl (C=O) groups is 1. The standard InChI is InChI=1S/C20H19N5O/c1-12-6-2-3-7-13(12)10-16(20(22)26)25-11-23-17-18(25)14-8-4-5-9-15(14)24-19(17)21/h2-9,11,16H,10H2,1H3,(H2,21,24)(H2,22,26). The number of amides is 1. The van der Waals surface area contributed by atoms with Gasteiger partial charge in [-0.3, -0.25) is 4.79 Å². The third-order valence-electron chi connectivity index (χ3n) is 4.78. The second-order valence-corrected chi connectivity index (χ2v) is 6.41. The highest BCUT2D eigenvalue weighted by Gasteiger charge is 2.23. The van der Waals surface area contributed by atoms with Gasteiger partial charge in [0, 0.05) is 11.8 Å². The van der Waals surface area contributed by atoms with Gasteiger partial charge in [0.05, 0.1) is 17.4 Å². The van der Waals surface area contributed by atoms with Crippen molar-refractivity contribution in [1.82, 2.24) is 14.5 Å². The number of nitrogens with zero attached hydrogens (tertiary/aromatic N) is 3. The second kappa shape index (κ2) is 6.15. The number of primary amides is 1. The molecule has 0 fully saturated rings. The number of anilines is 1. The van der Waals surface area contributed by atoms with Gasteiger partial charge in [-0.15, -0.1) is 0 Å². The Morgan fingerprint density at radius 1 is 1.15 bits per heavy atom. The number of aryl methyl sites for hydroxylation is 1. The van der Waals surface area contributed by atoms with Crippen molar-refractivity contribution in [2.45, 2.75) is 19.4 Å². The average molecular weight is 345 g/mol. The van der Waals surface area contributed by atoms with Crippen molar-refractivity contribution in [3.05, 3.63) is 66.0 Å². The van der Waals surface area contributed by atoms with Gasteiger partial charge >= 0.3 is 0 Å². The number of rotatable bonds is 4. The lowest BCUT2D eigenvalue weighted by Crippen LogP contribution is -2.28. The van der Waals surface area contributed by atoms with E-state index >= 15 is 0 Å². The molecule has 1 amide bonds. The Labute approximate surface area is 150 Å². The Morgan fingerprint density at radius 2 is 1.88 bits per heavy atom. The third kappa shape index (κ3) is 2.56. The van der Waals surface area contributed by atoms with Crippen LogP contribution < -0.4 is 11.5 Å². The van der Waals surface area contributed by atoms with Gasteiger partial charge in [0.2, 0.25) is 5.91 Å². The summed E-state index contributed by atoms with van der Waals surface area (Å²) in [5, 5.41) is 0.894. The number of aromatic nitrogens is 3. The fourth-order valence-electron chi connectivity index (χ4n) is 3.39. The molecule has 1 atom stereocenters. The quantitative estimate of drug-likeness (QED) is 0.594. The Kier molecular flexibility index (Phi) is 3.80. The molecule has 6 heteroatoms. The van der Waals surface area contributed by atoms with Gasteiger partial charge in [-0.25, -0.2) is 9.97 Å². The lowest BCUT2D eigenvalue weighted by Gasteiger charge is -2.18. The summed E-state index contributed by atoms with van der Waals surface area (Å²) in [5.74, 6) is -0.0661. The summed E-state index contributed by atoms with van der Waals surface area (Å²) in [6.45, 7) is 2.02. The minimum atomic E-state index is -0.564. The molecule has 0 saturated heterocycles. The van der Waals surface area contributed by atoms with E-state index in [1.807, 2.05) is 60.0 Å². The normalized spacial score (nSPS) is 12.5. The number of hydrogen-bond acceptors (Lipinski definition) is 4. The van der Waals surface area contributed by atoms with Crippen LogP contribution in [0.4, 0.5) is 5.82 Å². The number of imidazole rings is 1. The Bertz CT molecular complexity index is 1130. The summed E-state index contributed by atoms with van der Waals surface area (Å²) in [7, 11) is 0. The average Bonchev–Trinajstić information content (AvgIpc) is 3.06. The van der Waals surface area contributed by atoms with E-state index in [9.17, 15) is 4.79 Å². The van der Waals surface area contributed by atoms with Gasteiger partial charge in [-0.2, -0.15) is 0 Å². The SMILES string of the molecule is Cc1ccccc1CC(C(N)=O)n1cnc2c(N)nc3ccccc3c21. The summed E-state index contributed by atoms with van der Waals surface area (Å²) in [5.41, 5.74) is 16.2. The van der Waals surface area contributed by atoms with Crippen molar-refractivity contribution >= 4 is 33.7 Å². The molecule has 2 aromatic heterocycles. The predicted molar refractivity (Wildman–Crippen MR) is 103 cm³/mol. The van der Waals surface area contributed by atoms with Gasteiger partial charge in [-0.1, -0.05) is 42.5 Å². The van der Waals surface area contributed by atoms with Crippen molar-refractivity contribution in [2.75, 3.05) is 5.73 Å². The maximum absolute atomic E-state index is 12.3. The maximum Gasteiger partial charge on any atom is 0.240 e. The largest absolute Gasteiger partial charge is 0.382 e. The summed E-state index contributed by atoms with van der Waals surface area (Å²) in [6, 6.07) is 15.1. The molecule has 0 spiro atoms. The van der Waals surface area contributed by atoms with E-state index in [4.69, 9.17) is 11.5 Å². The molecular formula is C20H19N5O. The Morgan fingerprint density at radius 3 is 2.65 bits per heavy atom. The molecule has 130 valence electrons. The summed E-state index contributed by atoms with van der Waals surface area (Å²) < 4.78 is 1.82. The molecule has 0 bridgehead atoms. The van der Waals surface area contributed by atoms with Crippen LogP contribution >= 0.6 is 0 Å². The van der Waals surface area contributed by atoms with Crippen molar-refractivity contribution < 1.29 is 4.79 Å². The highest BCUT2D eigenvalue weighted by molar-refractivity contribution is 6.06. The van der Waals surface area contributed by atoms with E-state index in [1.165, 1.54) is 0 Å². The van der Waals surface area contributed by atoms with Crippen LogP contribution in [0.5, 0.6) is 0 Å². The van der Waals surface area contributed by atoms with Crippen LogP contribution in [-0.2, 0) is 11.2 Å². The molecule has 4 N–H and O–H groups in total. The number of nitrogens with two attached hydrogens (primary N) is 2. The molecule has 4 aromatic rings. The zero-order valence-corrected chi connectivity index (χ0v) is 14.4. The second-order valence-electron chi connectivity index (χ2n) is 6.41. The van der Waals surface area contributed by atoms with Gasteiger partial charge in [0.15, 0.2) is 5.82 Å². The van der Waals surface area contributed by atoms with Crippen molar-refractivity contribution in [1.29, 1.82) is 0 Å². The molecule has 26 heavy (non-hydrogen) atoms. The zero-order chi connectivity index (χ0) is 18.3. The molecule has 0 radical (unpaired) electrons. The van der Waals surface area contributed by atoms with Gasteiger partial charge in [0.25, 0.3) is 0 Å². The molecule has 0 aliphatic rings. The van der Waals surface area contributed by atoms with E-state index in [2.05, 4.69) is 9.97 Å². The summed E-state index contributed by atoms with van der Waals surface area (Å²) in [6.07, 6.45) is 2.12. The highest BCUT2D eigenvalue weighted by Crippen LogP contribution is 2.30. The Hall–Kier alpha value is -3.41. The zero-order valence-electron chi connectivity index (χ0n) is 14.4. The molecule has 0 saturated carbocycles. The lowest BCUT2D eigenvalue weighted by atomic mass is 10.0. The van der Waals surface area contributed by atoms with Crippen molar-refractivity contribution in [2.24, 2.45) is 5.73 Å². The fraction of sp³-hybridized carbons (Fsp3) is 0.150.